The number of nitrogens with one attached hydrogen (secondary N) is 1. The Morgan fingerprint density at radius 1 is 1.56 bits per heavy atom. The van der Waals surface area contributed by atoms with E-state index in [0.29, 0.717) is 17.3 Å². The Kier molecular flexibility index (Phi) is 4.58. The van der Waals surface area contributed by atoms with Gasteiger partial charge in [0.2, 0.25) is 5.91 Å². The zero-order chi connectivity index (χ0) is 12.3. The van der Waals surface area contributed by atoms with E-state index < -0.39 is 5.41 Å². The highest BCUT2D eigenvalue weighted by atomic mass is 127. The summed E-state index contributed by atoms with van der Waals surface area (Å²) in [5, 5.41) is 3.31. The zero-order valence-corrected chi connectivity index (χ0v) is 12.1. The van der Waals surface area contributed by atoms with E-state index in [2.05, 4.69) is 27.9 Å². The van der Waals surface area contributed by atoms with Gasteiger partial charge in [-0.3, -0.25) is 4.79 Å². The summed E-state index contributed by atoms with van der Waals surface area (Å²) in [6, 6.07) is 5.47. The van der Waals surface area contributed by atoms with Crippen LogP contribution in [-0.4, -0.2) is 12.5 Å². The van der Waals surface area contributed by atoms with Crippen LogP contribution in [0.3, 0.4) is 0 Å². The van der Waals surface area contributed by atoms with Gasteiger partial charge in [-0.05, 0) is 54.6 Å². The molecule has 0 unspecified atom stereocenters. The van der Waals surface area contributed by atoms with Crippen molar-refractivity contribution in [3.05, 3.63) is 26.8 Å². The summed E-state index contributed by atoms with van der Waals surface area (Å²) in [6.45, 7) is 3.88. The summed E-state index contributed by atoms with van der Waals surface area (Å²) in [6.07, 6.45) is 0. The molecule has 0 aromatic heterocycles. The Morgan fingerprint density at radius 2 is 2.19 bits per heavy atom. The highest BCUT2D eigenvalue weighted by molar-refractivity contribution is 14.1. The van der Waals surface area contributed by atoms with E-state index in [4.69, 9.17) is 17.3 Å². The molecule has 0 atom stereocenters. The number of carbonyl (C=O) groups is 1. The predicted molar refractivity (Wildman–Crippen MR) is 75.6 cm³/mol. The van der Waals surface area contributed by atoms with Gasteiger partial charge in [0.25, 0.3) is 0 Å². The van der Waals surface area contributed by atoms with Gasteiger partial charge in [0.05, 0.1) is 16.1 Å². The number of anilines is 1. The minimum atomic E-state index is -0.591. The van der Waals surface area contributed by atoms with Crippen LogP contribution in [0.1, 0.15) is 13.8 Å². The lowest BCUT2D eigenvalue weighted by molar-refractivity contribution is -0.123. The van der Waals surface area contributed by atoms with E-state index in [-0.39, 0.29) is 5.91 Å². The lowest BCUT2D eigenvalue weighted by atomic mass is 9.92. The second-order valence-electron chi connectivity index (χ2n) is 4.17. The Hall–Kier alpha value is -0.330. The molecule has 0 saturated carbocycles. The smallest absolute Gasteiger partial charge is 0.231 e. The number of hydrogen-bond acceptors (Lipinski definition) is 2. The zero-order valence-electron chi connectivity index (χ0n) is 9.18. The Labute approximate surface area is 114 Å². The molecule has 0 radical (unpaired) electrons. The molecule has 0 spiro atoms. The Balaban J connectivity index is 2.85. The van der Waals surface area contributed by atoms with Crippen molar-refractivity contribution in [1.82, 2.24) is 0 Å². The third-order valence-corrected chi connectivity index (χ3v) is 3.29. The topological polar surface area (TPSA) is 55.1 Å². The summed E-state index contributed by atoms with van der Waals surface area (Å²) >= 11 is 8.18. The molecule has 0 aliphatic heterocycles. The molecule has 1 rings (SSSR count). The van der Waals surface area contributed by atoms with Gasteiger partial charge in [-0.15, -0.1) is 0 Å². The van der Waals surface area contributed by atoms with Crippen molar-refractivity contribution in [1.29, 1.82) is 0 Å². The SMILES string of the molecule is CC(C)(CN)C(=O)Nc1ccc(I)cc1Cl. The van der Waals surface area contributed by atoms with Gasteiger partial charge in [0.15, 0.2) is 0 Å². The van der Waals surface area contributed by atoms with Gasteiger partial charge in [-0.1, -0.05) is 11.6 Å². The molecule has 0 aliphatic rings. The second kappa shape index (κ2) is 5.33. The number of nitrogens with two attached hydrogens (primary N) is 1. The fourth-order valence-corrected chi connectivity index (χ4v) is 1.88. The van der Waals surface area contributed by atoms with Crippen LogP contribution in [0.25, 0.3) is 0 Å². The molecule has 0 saturated heterocycles. The van der Waals surface area contributed by atoms with E-state index >= 15 is 0 Å². The molecule has 3 nitrogen and oxygen atoms in total. The van der Waals surface area contributed by atoms with Crippen LogP contribution in [0.2, 0.25) is 5.02 Å². The summed E-state index contributed by atoms with van der Waals surface area (Å²) in [5.41, 5.74) is 5.56. The normalized spacial score (nSPS) is 11.3. The summed E-state index contributed by atoms with van der Waals surface area (Å²) < 4.78 is 1.03. The average molecular weight is 353 g/mol. The van der Waals surface area contributed by atoms with Gasteiger partial charge in [-0.2, -0.15) is 0 Å². The third kappa shape index (κ3) is 3.33. The molecule has 0 fully saturated rings. The van der Waals surface area contributed by atoms with Gasteiger partial charge >= 0.3 is 0 Å². The molecule has 0 heterocycles. The molecule has 0 aliphatic carbocycles. The highest BCUT2D eigenvalue weighted by Crippen LogP contribution is 2.25. The molecule has 1 aromatic rings. The number of benzene rings is 1. The Bertz CT molecular complexity index is 407. The fraction of sp³-hybridized carbons (Fsp3) is 0.364. The van der Waals surface area contributed by atoms with Crippen molar-refractivity contribution < 1.29 is 4.79 Å². The first kappa shape index (κ1) is 13.7. The molecule has 5 heteroatoms. The Morgan fingerprint density at radius 3 is 2.69 bits per heavy atom. The van der Waals surface area contributed by atoms with Gasteiger partial charge < -0.3 is 11.1 Å². The maximum absolute atomic E-state index is 11.9. The average Bonchev–Trinajstić information content (AvgIpc) is 2.22. The van der Waals surface area contributed by atoms with Gasteiger partial charge in [0.1, 0.15) is 0 Å². The number of carbonyl (C=O) groups excluding carboxylic acids is 1. The molecule has 0 bridgehead atoms. The minimum Gasteiger partial charge on any atom is -0.329 e. The molecular weight excluding hydrogens is 338 g/mol. The molecule has 1 amide bonds. The first-order valence-electron chi connectivity index (χ1n) is 4.83. The number of amides is 1. The van der Waals surface area contributed by atoms with Crippen molar-refractivity contribution in [3.63, 3.8) is 0 Å². The van der Waals surface area contributed by atoms with Crippen LogP contribution < -0.4 is 11.1 Å². The minimum absolute atomic E-state index is 0.127. The molecule has 88 valence electrons. The third-order valence-electron chi connectivity index (χ3n) is 2.30. The quantitative estimate of drug-likeness (QED) is 0.822. The van der Waals surface area contributed by atoms with Crippen LogP contribution in [0.5, 0.6) is 0 Å². The number of hydrogen-bond donors (Lipinski definition) is 2. The van der Waals surface area contributed by atoms with Crippen molar-refractivity contribution in [2.24, 2.45) is 11.1 Å². The highest BCUT2D eigenvalue weighted by Gasteiger charge is 2.26. The maximum Gasteiger partial charge on any atom is 0.231 e. The van der Waals surface area contributed by atoms with E-state index in [1.807, 2.05) is 6.07 Å². The van der Waals surface area contributed by atoms with Gasteiger partial charge in [0, 0.05) is 10.1 Å². The van der Waals surface area contributed by atoms with Crippen LogP contribution >= 0.6 is 34.2 Å². The predicted octanol–water partition coefficient (Wildman–Crippen LogP) is 2.87. The molecule has 1 aromatic carbocycles. The summed E-state index contributed by atoms with van der Waals surface area (Å²) in [5.74, 6) is -0.127. The molecule has 3 N–H and O–H groups in total. The van der Waals surface area contributed by atoms with E-state index in [1.54, 1.807) is 26.0 Å². The summed E-state index contributed by atoms with van der Waals surface area (Å²) in [4.78, 5) is 11.9. The van der Waals surface area contributed by atoms with Crippen LogP contribution in [-0.2, 0) is 4.79 Å². The standard InChI is InChI=1S/C11H14ClIN2O/c1-11(2,6-14)10(16)15-9-4-3-7(13)5-8(9)12/h3-5H,6,14H2,1-2H3,(H,15,16). The monoisotopic (exact) mass is 352 g/mol. The lowest BCUT2D eigenvalue weighted by Gasteiger charge is -2.21. The maximum atomic E-state index is 11.9. The second-order valence-corrected chi connectivity index (χ2v) is 5.82. The number of rotatable bonds is 3. The summed E-state index contributed by atoms with van der Waals surface area (Å²) in [7, 11) is 0. The first-order chi connectivity index (χ1) is 7.36. The van der Waals surface area contributed by atoms with Crippen molar-refractivity contribution in [2.45, 2.75) is 13.8 Å². The van der Waals surface area contributed by atoms with Crippen LogP contribution in [0, 0.1) is 8.99 Å². The van der Waals surface area contributed by atoms with Crippen LogP contribution in [0.15, 0.2) is 18.2 Å². The van der Waals surface area contributed by atoms with Crippen molar-refractivity contribution in [3.8, 4) is 0 Å². The first-order valence-corrected chi connectivity index (χ1v) is 6.29. The lowest BCUT2D eigenvalue weighted by Crippen LogP contribution is -2.37. The van der Waals surface area contributed by atoms with E-state index in [0.717, 1.165) is 3.57 Å². The van der Waals surface area contributed by atoms with E-state index in [1.165, 1.54) is 0 Å². The fourth-order valence-electron chi connectivity index (χ4n) is 0.975. The largest absolute Gasteiger partial charge is 0.329 e. The van der Waals surface area contributed by atoms with Crippen LogP contribution in [0.4, 0.5) is 5.69 Å². The molecule has 16 heavy (non-hydrogen) atoms. The number of halogens is 2. The van der Waals surface area contributed by atoms with Crippen molar-refractivity contribution in [2.75, 3.05) is 11.9 Å². The van der Waals surface area contributed by atoms with Crippen molar-refractivity contribution >= 4 is 45.8 Å². The molecular formula is C11H14ClIN2O. The van der Waals surface area contributed by atoms with Gasteiger partial charge in [-0.25, -0.2) is 0 Å². The van der Waals surface area contributed by atoms with E-state index in [9.17, 15) is 4.79 Å².